The standard InChI is InChI=1S/C15H14O3/c1-18-15(17)14(11-5-3-2-4-6-11)12-7-9-13(16)10-8-12/h2-10,14,16H,1H3/t14-/m0/s1. The number of carbonyl (C=O) groups excluding carboxylic acids is 1. The minimum absolute atomic E-state index is 0.176. The Morgan fingerprint density at radius 2 is 1.56 bits per heavy atom. The third-order valence-electron chi connectivity index (χ3n) is 2.80. The van der Waals surface area contributed by atoms with Crippen LogP contribution in [0.15, 0.2) is 54.6 Å². The lowest BCUT2D eigenvalue weighted by Crippen LogP contribution is -2.15. The minimum Gasteiger partial charge on any atom is -0.508 e. The number of hydrogen-bond donors (Lipinski definition) is 1. The molecule has 0 aliphatic heterocycles. The number of phenols is 1. The maximum atomic E-state index is 11.9. The molecule has 0 aliphatic carbocycles. The summed E-state index contributed by atoms with van der Waals surface area (Å²) in [7, 11) is 1.37. The summed E-state index contributed by atoms with van der Waals surface area (Å²) >= 11 is 0. The maximum Gasteiger partial charge on any atom is 0.317 e. The number of ether oxygens (including phenoxy) is 1. The van der Waals surface area contributed by atoms with Gasteiger partial charge in [-0.3, -0.25) is 4.79 Å². The first-order valence-corrected chi connectivity index (χ1v) is 5.64. The molecule has 3 nitrogen and oxygen atoms in total. The highest BCUT2D eigenvalue weighted by atomic mass is 16.5. The number of phenolic OH excluding ortho intramolecular Hbond substituents is 1. The van der Waals surface area contributed by atoms with Crippen LogP contribution in [0.2, 0.25) is 0 Å². The molecule has 0 aromatic heterocycles. The van der Waals surface area contributed by atoms with E-state index in [1.54, 1.807) is 24.3 Å². The van der Waals surface area contributed by atoms with Crippen molar-refractivity contribution in [3.63, 3.8) is 0 Å². The van der Waals surface area contributed by atoms with Crippen LogP contribution >= 0.6 is 0 Å². The summed E-state index contributed by atoms with van der Waals surface area (Å²) in [5.74, 6) is -0.598. The van der Waals surface area contributed by atoms with Crippen LogP contribution in [0.5, 0.6) is 5.75 Å². The van der Waals surface area contributed by atoms with Crippen LogP contribution in [0.25, 0.3) is 0 Å². The Morgan fingerprint density at radius 3 is 2.11 bits per heavy atom. The fraction of sp³-hybridized carbons (Fsp3) is 0.133. The van der Waals surface area contributed by atoms with Crippen molar-refractivity contribution in [3.05, 3.63) is 65.7 Å². The summed E-state index contributed by atoms with van der Waals surface area (Å²) in [5, 5.41) is 9.29. The molecule has 0 saturated carbocycles. The molecule has 0 saturated heterocycles. The van der Waals surface area contributed by atoms with Gasteiger partial charge in [0.2, 0.25) is 0 Å². The molecular formula is C15H14O3. The van der Waals surface area contributed by atoms with Gasteiger partial charge in [0.25, 0.3) is 0 Å². The van der Waals surface area contributed by atoms with E-state index >= 15 is 0 Å². The zero-order chi connectivity index (χ0) is 13.0. The number of methoxy groups -OCH3 is 1. The Kier molecular flexibility index (Phi) is 3.63. The lowest BCUT2D eigenvalue weighted by atomic mass is 9.91. The van der Waals surface area contributed by atoms with Crippen molar-refractivity contribution in [2.24, 2.45) is 0 Å². The molecule has 1 atom stereocenters. The van der Waals surface area contributed by atoms with Crippen LogP contribution in [0.1, 0.15) is 17.0 Å². The van der Waals surface area contributed by atoms with Crippen LogP contribution in [0.3, 0.4) is 0 Å². The summed E-state index contributed by atoms with van der Waals surface area (Å²) in [6.07, 6.45) is 0. The van der Waals surface area contributed by atoms with Crippen molar-refractivity contribution in [1.82, 2.24) is 0 Å². The first-order chi connectivity index (χ1) is 8.72. The van der Waals surface area contributed by atoms with Crippen molar-refractivity contribution in [2.45, 2.75) is 5.92 Å². The summed E-state index contributed by atoms with van der Waals surface area (Å²) in [4.78, 5) is 11.9. The summed E-state index contributed by atoms with van der Waals surface area (Å²) in [6, 6.07) is 16.0. The highest BCUT2D eigenvalue weighted by Crippen LogP contribution is 2.27. The van der Waals surface area contributed by atoms with Gasteiger partial charge in [-0.2, -0.15) is 0 Å². The number of aromatic hydroxyl groups is 1. The lowest BCUT2D eigenvalue weighted by molar-refractivity contribution is -0.141. The third kappa shape index (κ3) is 2.51. The Bertz CT molecular complexity index is 517. The van der Waals surface area contributed by atoms with E-state index in [1.165, 1.54) is 7.11 Å². The Balaban J connectivity index is 2.43. The second-order valence-corrected chi connectivity index (χ2v) is 3.96. The average Bonchev–Trinajstić information content (AvgIpc) is 2.42. The summed E-state index contributed by atoms with van der Waals surface area (Å²) in [5.41, 5.74) is 1.67. The smallest absolute Gasteiger partial charge is 0.317 e. The van der Waals surface area contributed by atoms with Crippen LogP contribution in [-0.4, -0.2) is 18.2 Å². The predicted molar refractivity (Wildman–Crippen MR) is 68.4 cm³/mol. The zero-order valence-corrected chi connectivity index (χ0v) is 10.0. The average molecular weight is 242 g/mol. The van der Waals surface area contributed by atoms with E-state index < -0.39 is 5.92 Å². The van der Waals surface area contributed by atoms with E-state index in [0.29, 0.717) is 0 Å². The van der Waals surface area contributed by atoms with E-state index in [2.05, 4.69) is 0 Å². The molecule has 0 bridgehead atoms. The largest absolute Gasteiger partial charge is 0.508 e. The molecule has 0 spiro atoms. The van der Waals surface area contributed by atoms with Gasteiger partial charge in [0, 0.05) is 0 Å². The minimum atomic E-state index is -0.461. The SMILES string of the molecule is COC(=O)[C@@H](c1ccccc1)c1ccc(O)cc1. The molecule has 0 radical (unpaired) electrons. The van der Waals surface area contributed by atoms with Crippen LogP contribution in [-0.2, 0) is 9.53 Å². The molecule has 92 valence electrons. The number of esters is 1. The van der Waals surface area contributed by atoms with Crippen molar-refractivity contribution in [3.8, 4) is 5.75 Å². The number of rotatable bonds is 3. The third-order valence-corrected chi connectivity index (χ3v) is 2.80. The molecule has 2 rings (SSSR count). The normalized spacial score (nSPS) is 11.8. The van der Waals surface area contributed by atoms with Gasteiger partial charge in [-0.05, 0) is 23.3 Å². The molecule has 0 aliphatic rings. The van der Waals surface area contributed by atoms with Crippen LogP contribution in [0, 0.1) is 0 Å². The fourth-order valence-electron chi connectivity index (χ4n) is 1.89. The molecule has 3 heteroatoms. The fourth-order valence-corrected chi connectivity index (χ4v) is 1.89. The first-order valence-electron chi connectivity index (χ1n) is 5.64. The zero-order valence-electron chi connectivity index (χ0n) is 10.0. The van der Waals surface area contributed by atoms with Crippen molar-refractivity contribution < 1.29 is 14.6 Å². The van der Waals surface area contributed by atoms with Gasteiger partial charge < -0.3 is 9.84 Å². The Hall–Kier alpha value is -2.29. The number of hydrogen-bond acceptors (Lipinski definition) is 3. The maximum absolute atomic E-state index is 11.9. The molecule has 18 heavy (non-hydrogen) atoms. The van der Waals surface area contributed by atoms with Gasteiger partial charge >= 0.3 is 5.97 Å². The van der Waals surface area contributed by atoms with Gasteiger partial charge in [0.15, 0.2) is 0 Å². The van der Waals surface area contributed by atoms with E-state index in [0.717, 1.165) is 11.1 Å². The topological polar surface area (TPSA) is 46.5 Å². The van der Waals surface area contributed by atoms with E-state index in [-0.39, 0.29) is 11.7 Å². The van der Waals surface area contributed by atoms with Gasteiger partial charge in [-0.1, -0.05) is 42.5 Å². The molecule has 0 heterocycles. The predicted octanol–water partition coefficient (Wildman–Crippen LogP) is 2.70. The molecular weight excluding hydrogens is 228 g/mol. The summed E-state index contributed by atoms with van der Waals surface area (Å²) in [6.45, 7) is 0. The highest BCUT2D eigenvalue weighted by Gasteiger charge is 2.23. The molecule has 0 amide bonds. The van der Waals surface area contributed by atoms with Gasteiger partial charge in [-0.25, -0.2) is 0 Å². The molecule has 0 fully saturated rings. The molecule has 1 N–H and O–H groups in total. The van der Waals surface area contributed by atoms with Crippen molar-refractivity contribution in [2.75, 3.05) is 7.11 Å². The monoisotopic (exact) mass is 242 g/mol. The van der Waals surface area contributed by atoms with E-state index in [9.17, 15) is 9.90 Å². The van der Waals surface area contributed by atoms with Crippen LogP contribution in [0.4, 0.5) is 0 Å². The number of carbonyl (C=O) groups is 1. The highest BCUT2D eigenvalue weighted by molar-refractivity contribution is 5.82. The van der Waals surface area contributed by atoms with Crippen molar-refractivity contribution in [1.29, 1.82) is 0 Å². The van der Waals surface area contributed by atoms with E-state index in [1.807, 2.05) is 30.3 Å². The first kappa shape index (κ1) is 12.2. The second kappa shape index (κ2) is 5.36. The molecule has 0 unspecified atom stereocenters. The van der Waals surface area contributed by atoms with Crippen molar-refractivity contribution >= 4 is 5.97 Å². The van der Waals surface area contributed by atoms with Crippen LogP contribution < -0.4 is 0 Å². The molecule has 2 aromatic rings. The lowest BCUT2D eigenvalue weighted by Gasteiger charge is -2.15. The van der Waals surface area contributed by atoms with Gasteiger partial charge in [-0.15, -0.1) is 0 Å². The Labute approximate surface area is 106 Å². The van der Waals surface area contributed by atoms with Gasteiger partial charge in [0.05, 0.1) is 7.11 Å². The molecule has 2 aromatic carbocycles. The summed E-state index contributed by atoms with van der Waals surface area (Å²) < 4.78 is 4.85. The Morgan fingerprint density at radius 1 is 1.00 bits per heavy atom. The second-order valence-electron chi connectivity index (χ2n) is 3.96. The number of benzene rings is 2. The quantitative estimate of drug-likeness (QED) is 0.842. The van der Waals surface area contributed by atoms with E-state index in [4.69, 9.17) is 4.74 Å². The van der Waals surface area contributed by atoms with Gasteiger partial charge in [0.1, 0.15) is 11.7 Å².